The van der Waals surface area contributed by atoms with Gasteiger partial charge in [-0.3, -0.25) is 0 Å². The van der Waals surface area contributed by atoms with E-state index in [0.29, 0.717) is 12.6 Å². The summed E-state index contributed by atoms with van der Waals surface area (Å²) >= 11 is 0. The predicted molar refractivity (Wildman–Crippen MR) is 93.7 cm³/mol. The molecule has 1 atom stereocenters. The van der Waals surface area contributed by atoms with Crippen LogP contribution >= 0.6 is 0 Å². The Hall–Kier alpha value is -1.91. The van der Waals surface area contributed by atoms with E-state index in [1.54, 1.807) is 14.2 Å². The molecule has 0 aromatic heterocycles. The van der Waals surface area contributed by atoms with E-state index in [1.165, 1.54) is 12.0 Å². The minimum Gasteiger partial charge on any atom is -0.493 e. The minimum absolute atomic E-state index is 0.196. The number of urea groups is 1. The molecule has 0 saturated carbocycles. The average molecular weight is 332 g/mol. The van der Waals surface area contributed by atoms with Crippen molar-refractivity contribution in [1.29, 1.82) is 0 Å². The molecule has 1 fully saturated rings. The first-order valence-electron chi connectivity index (χ1n) is 8.97. The molecule has 0 radical (unpaired) electrons. The number of carbonyl (C=O) groups is 1. The second-order valence-electron chi connectivity index (χ2n) is 6.68. The molecule has 24 heavy (non-hydrogen) atoms. The van der Waals surface area contributed by atoms with E-state index < -0.39 is 0 Å². The van der Waals surface area contributed by atoms with Crippen LogP contribution in [0.15, 0.2) is 12.1 Å². The SMILES string of the molecule is CCC1CCCCN1C(=O)N1CCc2cc(OC)c(OC)cc2C1. The number of likely N-dealkylation sites (tertiary alicyclic amines) is 1. The van der Waals surface area contributed by atoms with Gasteiger partial charge in [-0.2, -0.15) is 0 Å². The van der Waals surface area contributed by atoms with Crippen molar-refractivity contribution in [3.8, 4) is 11.5 Å². The van der Waals surface area contributed by atoms with Gasteiger partial charge in [-0.25, -0.2) is 4.79 Å². The van der Waals surface area contributed by atoms with Gasteiger partial charge in [-0.1, -0.05) is 6.92 Å². The molecule has 132 valence electrons. The van der Waals surface area contributed by atoms with Crippen molar-refractivity contribution in [3.63, 3.8) is 0 Å². The molecule has 2 heterocycles. The Balaban J connectivity index is 1.77. The molecule has 1 aromatic carbocycles. The highest BCUT2D eigenvalue weighted by molar-refractivity contribution is 5.75. The number of piperidine rings is 1. The summed E-state index contributed by atoms with van der Waals surface area (Å²) < 4.78 is 10.8. The van der Waals surface area contributed by atoms with Crippen LogP contribution in [0.2, 0.25) is 0 Å². The number of amides is 2. The lowest BCUT2D eigenvalue weighted by atomic mass is 9.98. The highest BCUT2D eigenvalue weighted by atomic mass is 16.5. The van der Waals surface area contributed by atoms with E-state index in [-0.39, 0.29) is 6.03 Å². The maximum absolute atomic E-state index is 13.0. The lowest BCUT2D eigenvalue weighted by molar-refractivity contribution is 0.109. The molecule has 5 heteroatoms. The standard InChI is InChI=1S/C19H28N2O3/c1-4-16-7-5-6-9-21(16)19(22)20-10-8-14-11-17(23-2)18(24-3)12-15(14)13-20/h11-12,16H,4-10,13H2,1-3H3. The molecular weight excluding hydrogens is 304 g/mol. The number of ether oxygens (including phenoxy) is 2. The highest BCUT2D eigenvalue weighted by Gasteiger charge is 2.31. The molecule has 0 spiro atoms. The summed E-state index contributed by atoms with van der Waals surface area (Å²) in [4.78, 5) is 17.1. The maximum Gasteiger partial charge on any atom is 0.320 e. The number of benzene rings is 1. The Bertz CT molecular complexity index is 603. The van der Waals surface area contributed by atoms with Crippen LogP contribution < -0.4 is 9.47 Å². The molecule has 1 unspecified atom stereocenters. The van der Waals surface area contributed by atoms with Gasteiger partial charge in [0.2, 0.25) is 0 Å². The molecule has 1 saturated heterocycles. The van der Waals surface area contributed by atoms with Crippen LogP contribution in [0.25, 0.3) is 0 Å². The molecule has 2 aliphatic rings. The summed E-state index contributed by atoms with van der Waals surface area (Å²) in [7, 11) is 3.31. The number of hydrogen-bond acceptors (Lipinski definition) is 3. The number of methoxy groups -OCH3 is 2. The van der Waals surface area contributed by atoms with E-state index >= 15 is 0 Å². The first-order valence-corrected chi connectivity index (χ1v) is 8.97. The summed E-state index contributed by atoms with van der Waals surface area (Å²) in [6, 6.07) is 4.66. The molecule has 0 bridgehead atoms. The zero-order valence-electron chi connectivity index (χ0n) is 15.0. The smallest absolute Gasteiger partial charge is 0.320 e. The zero-order valence-corrected chi connectivity index (χ0v) is 15.0. The molecule has 5 nitrogen and oxygen atoms in total. The van der Waals surface area contributed by atoms with Crippen LogP contribution in [0.3, 0.4) is 0 Å². The van der Waals surface area contributed by atoms with Crippen LogP contribution in [0.5, 0.6) is 11.5 Å². The summed E-state index contributed by atoms with van der Waals surface area (Å²) in [5, 5.41) is 0. The molecule has 2 aliphatic heterocycles. The van der Waals surface area contributed by atoms with Crippen molar-refractivity contribution in [1.82, 2.24) is 9.80 Å². The first-order chi connectivity index (χ1) is 11.7. The lowest BCUT2D eigenvalue weighted by Crippen LogP contribution is -2.51. The Morgan fingerprint density at radius 1 is 1.12 bits per heavy atom. The molecule has 0 aliphatic carbocycles. The quantitative estimate of drug-likeness (QED) is 0.851. The molecule has 2 amide bonds. The van der Waals surface area contributed by atoms with Gasteiger partial charge in [-0.15, -0.1) is 0 Å². The Labute approximate surface area is 144 Å². The minimum atomic E-state index is 0.196. The van der Waals surface area contributed by atoms with Gasteiger partial charge in [0, 0.05) is 25.7 Å². The van der Waals surface area contributed by atoms with Gasteiger partial charge < -0.3 is 19.3 Å². The highest BCUT2D eigenvalue weighted by Crippen LogP contribution is 2.33. The monoisotopic (exact) mass is 332 g/mol. The summed E-state index contributed by atoms with van der Waals surface area (Å²) in [5.41, 5.74) is 2.42. The molecular formula is C19H28N2O3. The third-order valence-electron chi connectivity index (χ3n) is 5.33. The fraction of sp³-hybridized carbons (Fsp3) is 0.632. The van der Waals surface area contributed by atoms with Crippen molar-refractivity contribution < 1.29 is 14.3 Å². The van der Waals surface area contributed by atoms with Gasteiger partial charge in [0.25, 0.3) is 0 Å². The molecule has 0 N–H and O–H groups in total. The van der Waals surface area contributed by atoms with E-state index in [4.69, 9.17) is 9.47 Å². The predicted octanol–water partition coefficient (Wildman–Crippen LogP) is 3.45. The molecule has 1 aromatic rings. The van der Waals surface area contributed by atoms with E-state index in [2.05, 4.69) is 11.8 Å². The normalized spacial score (nSPS) is 20.5. The number of hydrogen-bond donors (Lipinski definition) is 0. The van der Waals surface area contributed by atoms with Crippen LogP contribution in [0.1, 0.15) is 43.7 Å². The van der Waals surface area contributed by atoms with E-state index in [9.17, 15) is 4.79 Å². The van der Waals surface area contributed by atoms with Crippen molar-refractivity contribution >= 4 is 6.03 Å². The average Bonchev–Trinajstić information content (AvgIpc) is 2.65. The van der Waals surface area contributed by atoms with Gasteiger partial charge in [0.1, 0.15) is 0 Å². The number of nitrogens with zero attached hydrogens (tertiary/aromatic N) is 2. The Morgan fingerprint density at radius 3 is 2.50 bits per heavy atom. The Morgan fingerprint density at radius 2 is 1.83 bits per heavy atom. The second-order valence-corrected chi connectivity index (χ2v) is 6.68. The fourth-order valence-electron chi connectivity index (χ4n) is 3.90. The van der Waals surface area contributed by atoms with Gasteiger partial charge in [-0.05, 0) is 55.4 Å². The number of fused-ring (bicyclic) bond motifs is 1. The third-order valence-corrected chi connectivity index (χ3v) is 5.33. The number of rotatable bonds is 3. The zero-order chi connectivity index (χ0) is 17.1. The summed E-state index contributed by atoms with van der Waals surface area (Å²) in [5.74, 6) is 1.49. The van der Waals surface area contributed by atoms with Gasteiger partial charge in [0.15, 0.2) is 11.5 Å². The topological polar surface area (TPSA) is 42.0 Å². The van der Waals surface area contributed by atoms with Crippen LogP contribution in [-0.2, 0) is 13.0 Å². The fourth-order valence-corrected chi connectivity index (χ4v) is 3.90. The Kier molecular flexibility index (Phi) is 5.17. The van der Waals surface area contributed by atoms with Crippen LogP contribution in [-0.4, -0.2) is 49.2 Å². The summed E-state index contributed by atoms with van der Waals surface area (Å²) in [6.45, 7) is 4.50. The molecule has 3 rings (SSSR count). The van der Waals surface area contributed by atoms with Gasteiger partial charge >= 0.3 is 6.03 Å². The third kappa shape index (κ3) is 3.17. The van der Waals surface area contributed by atoms with Gasteiger partial charge in [0.05, 0.1) is 14.2 Å². The van der Waals surface area contributed by atoms with Crippen LogP contribution in [0.4, 0.5) is 4.79 Å². The second kappa shape index (κ2) is 7.32. The summed E-state index contributed by atoms with van der Waals surface area (Å²) in [6.07, 6.45) is 5.41. The van der Waals surface area contributed by atoms with E-state index in [0.717, 1.165) is 55.8 Å². The van der Waals surface area contributed by atoms with Crippen molar-refractivity contribution in [2.45, 2.75) is 51.6 Å². The number of carbonyl (C=O) groups excluding carboxylic acids is 1. The lowest BCUT2D eigenvalue weighted by Gasteiger charge is -2.40. The van der Waals surface area contributed by atoms with Crippen molar-refractivity contribution in [2.24, 2.45) is 0 Å². The van der Waals surface area contributed by atoms with Crippen LogP contribution in [0, 0.1) is 0 Å². The largest absolute Gasteiger partial charge is 0.493 e. The first kappa shape index (κ1) is 16.9. The van der Waals surface area contributed by atoms with Crippen molar-refractivity contribution in [2.75, 3.05) is 27.3 Å². The van der Waals surface area contributed by atoms with Crippen molar-refractivity contribution in [3.05, 3.63) is 23.3 Å². The van der Waals surface area contributed by atoms with E-state index in [1.807, 2.05) is 17.0 Å². The maximum atomic E-state index is 13.0.